The van der Waals surface area contributed by atoms with Crippen LogP contribution in [0.5, 0.6) is 0 Å². The van der Waals surface area contributed by atoms with E-state index in [1.165, 1.54) is 36.0 Å². The van der Waals surface area contributed by atoms with Gasteiger partial charge in [-0.1, -0.05) is 47.6 Å². The maximum atomic E-state index is 12.9. The van der Waals surface area contributed by atoms with Gasteiger partial charge in [-0.15, -0.1) is 10.2 Å². The van der Waals surface area contributed by atoms with Gasteiger partial charge in [0.2, 0.25) is 5.91 Å². The van der Waals surface area contributed by atoms with E-state index >= 15 is 0 Å². The van der Waals surface area contributed by atoms with Crippen molar-refractivity contribution in [3.05, 3.63) is 73.5 Å². The van der Waals surface area contributed by atoms with Crippen LogP contribution in [0.25, 0.3) is 0 Å². The number of carbonyl (C=O) groups is 2. The Bertz CT molecular complexity index is 1300. The fourth-order valence-electron chi connectivity index (χ4n) is 3.86. The Hall–Kier alpha value is -3.25. The molecule has 0 radical (unpaired) electrons. The normalized spacial score (nSPS) is 11.9. The molecule has 0 aliphatic carbocycles. The van der Waals surface area contributed by atoms with E-state index in [9.17, 15) is 19.7 Å². The largest absolute Gasteiger partial charge is 0.342 e. The Labute approximate surface area is 227 Å². The number of benzene rings is 2. The molecular formula is C25H29BrN6O4S. The van der Waals surface area contributed by atoms with Crippen molar-refractivity contribution in [1.82, 2.24) is 20.1 Å². The summed E-state index contributed by atoms with van der Waals surface area (Å²) in [5, 5.41) is 26.2. The second kappa shape index (κ2) is 12.3. The molecule has 1 aromatic heterocycles. The monoisotopic (exact) mass is 588 g/mol. The number of nitro groups is 1. The summed E-state index contributed by atoms with van der Waals surface area (Å²) in [7, 11) is 0. The Kier molecular flexibility index (Phi) is 9.44. The van der Waals surface area contributed by atoms with Gasteiger partial charge in [0.15, 0.2) is 11.0 Å². The van der Waals surface area contributed by atoms with Gasteiger partial charge in [-0.25, -0.2) is 0 Å². The topological polar surface area (TPSA) is 132 Å². The number of anilines is 1. The minimum Gasteiger partial charge on any atom is -0.342 e. The molecule has 2 amide bonds. The number of nitrogens with zero attached hydrogens (tertiary/aromatic N) is 4. The van der Waals surface area contributed by atoms with E-state index < -0.39 is 16.9 Å². The summed E-state index contributed by atoms with van der Waals surface area (Å²) in [5.41, 5.74) is 2.74. The molecule has 0 spiro atoms. The maximum Gasteiger partial charge on any atom is 0.270 e. The number of amides is 2. The van der Waals surface area contributed by atoms with Crippen LogP contribution < -0.4 is 10.6 Å². The molecule has 0 saturated heterocycles. The zero-order chi connectivity index (χ0) is 27.3. The fraction of sp³-hybridized carbons (Fsp3) is 0.360. The molecule has 0 fully saturated rings. The van der Waals surface area contributed by atoms with E-state index in [-0.39, 0.29) is 28.8 Å². The summed E-state index contributed by atoms with van der Waals surface area (Å²) in [6.07, 6.45) is 0. The molecule has 12 heteroatoms. The van der Waals surface area contributed by atoms with Crippen LogP contribution in [0.1, 0.15) is 54.1 Å². The first-order chi connectivity index (χ1) is 17.5. The average molecular weight is 590 g/mol. The lowest BCUT2D eigenvalue weighted by Gasteiger charge is -2.22. The first-order valence-electron chi connectivity index (χ1n) is 11.7. The second-order valence-electron chi connectivity index (χ2n) is 8.84. The molecule has 3 aromatic rings. The number of aryl methyl sites for hydroxylation is 2. The standard InChI is InChI=1S/C25H29BrN6O4S/c1-6-31-23(21(14(2)3)28-24(34)17-8-7-9-19(12-17)32(35)36)29-30-25(31)37-13-20(33)27-22-15(4)10-18(26)11-16(22)5/h7-12,14,21H,6,13H2,1-5H3,(H,27,33)(H,28,34)/t21-/m1/s1. The summed E-state index contributed by atoms with van der Waals surface area (Å²) < 4.78 is 2.82. The van der Waals surface area contributed by atoms with Gasteiger partial charge in [-0.3, -0.25) is 19.7 Å². The van der Waals surface area contributed by atoms with E-state index in [1.54, 1.807) is 0 Å². The number of nitrogens with one attached hydrogen (secondary N) is 2. The van der Waals surface area contributed by atoms with Crippen LogP contribution in [0.2, 0.25) is 0 Å². The molecule has 0 aliphatic rings. The van der Waals surface area contributed by atoms with Crippen LogP contribution >= 0.6 is 27.7 Å². The van der Waals surface area contributed by atoms with Crippen molar-refractivity contribution in [2.75, 3.05) is 11.1 Å². The molecule has 0 unspecified atom stereocenters. The second-order valence-corrected chi connectivity index (χ2v) is 10.7. The molecule has 3 rings (SSSR count). The molecule has 0 bridgehead atoms. The average Bonchev–Trinajstić information content (AvgIpc) is 3.25. The van der Waals surface area contributed by atoms with Crippen molar-refractivity contribution in [3.63, 3.8) is 0 Å². The molecule has 37 heavy (non-hydrogen) atoms. The van der Waals surface area contributed by atoms with Gasteiger partial charge in [0.05, 0.1) is 16.7 Å². The van der Waals surface area contributed by atoms with Gasteiger partial charge in [-0.2, -0.15) is 0 Å². The van der Waals surface area contributed by atoms with E-state index in [0.717, 1.165) is 21.3 Å². The number of aromatic nitrogens is 3. The Morgan fingerprint density at radius 2 is 1.84 bits per heavy atom. The number of thioether (sulfide) groups is 1. The van der Waals surface area contributed by atoms with Gasteiger partial charge >= 0.3 is 0 Å². The predicted octanol–water partition coefficient (Wildman–Crippen LogP) is 5.44. The number of non-ortho nitro benzene ring substituents is 1. The highest BCUT2D eigenvalue weighted by atomic mass is 79.9. The number of nitro benzene ring substituents is 1. The van der Waals surface area contributed by atoms with Crippen molar-refractivity contribution >= 4 is 50.9 Å². The lowest BCUT2D eigenvalue weighted by molar-refractivity contribution is -0.384. The molecule has 196 valence electrons. The molecule has 0 saturated carbocycles. The Morgan fingerprint density at radius 1 is 1.16 bits per heavy atom. The van der Waals surface area contributed by atoms with Crippen molar-refractivity contribution in [2.24, 2.45) is 5.92 Å². The maximum absolute atomic E-state index is 12.9. The molecular weight excluding hydrogens is 560 g/mol. The molecule has 0 aliphatic heterocycles. The zero-order valence-corrected chi connectivity index (χ0v) is 23.6. The van der Waals surface area contributed by atoms with Crippen LogP contribution in [-0.4, -0.2) is 37.3 Å². The Morgan fingerprint density at radius 3 is 2.43 bits per heavy atom. The number of rotatable bonds is 10. The molecule has 1 heterocycles. The van der Waals surface area contributed by atoms with Gasteiger partial charge in [0.25, 0.3) is 11.6 Å². The number of carbonyl (C=O) groups excluding carboxylic acids is 2. The van der Waals surface area contributed by atoms with E-state index in [1.807, 2.05) is 51.3 Å². The van der Waals surface area contributed by atoms with Crippen molar-refractivity contribution < 1.29 is 14.5 Å². The van der Waals surface area contributed by atoms with Gasteiger partial charge < -0.3 is 15.2 Å². The zero-order valence-electron chi connectivity index (χ0n) is 21.2. The minimum absolute atomic E-state index is 0.0401. The molecule has 2 aromatic carbocycles. The molecule has 10 nitrogen and oxygen atoms in total. The highest BCUT2D eigenvalue weighted by Gasteiger charge is 2.27. The third-order valence-electron chi connectivity index (χ3n) is 5.71. The highest BCUT2D eigenvalue weighted by Crippen LogP contribution is 2.28. The summed E-state index contributed by atoms with van der Waals surface area (Å²) in [6.45, 7) is 10.2. The quantitative estimate of drug-likeness (QED) is 0.183. The highest BCUT2D eigenvalue weighted by molar-refractivity contribution is 9.10. The van der Waals surface area contributed by atoms with Crippen LogP contribution in [0.4, 0.5) is 11.4 Å². The third-order valence-corrected chi connectivity index (χ3v) is 7.13. The first kappa shape index (κ1) is 28.3. The van der Waals surface area contributed by atoms with Gasteiger partial charge in [-0.05, 0) is 56.0 Å². The summed E-state index contributed by atoms with van der Waals surface area (Å²) in [6, 6.07) is 8.99. The van der Waals surface area contributed by atoms with Crippen molar-refractivity contribution in [1.29, 1.82) is 0 Å². The van der Waals surface area contributed by atoms with Crippen LogP contribution in [0.3, 0.4) is 0 Å². The number of hydrogen-bond acceptors (Lipinski definition) is 7. The van der Waals surface area contributed by atoms with Crippen LogP contribution in [0, 0.1) is 29.9 Å². The predicted molar refractivity (Wildman–Crippen MR) is 147 cm³/mol. The van der Waals surface area contributed by atoms with Gasteiger partial charge in [0.1, 0.15) is 0 Å². The van der Waals surface area contributed by atoms with Crippen molar-refractivity contribution in [3.8, 4) is 0 Å². The van der Waals surface area contributed by atoms with Gasteiger partial charge in [0, 0.05) is 34.4 Å². The minimum atomic E-state index is -0.538. The summed E-state index contributed by atoms with van der Waals surface area (Å²) in [5.74, 6) is 0.0480. The number of halogens is 1. The lowest BCUT2D eigenvalue weighted by atomic mass is 10.0. The molecule has 2 N–H and O–H groups in total. The van der Waals surface area contributed by atoms with E-state index in [2.05, 4.69) is 36.8 Å². The summed E-state index contributed by atoms with van der Waals surface area (Å²) >= 11 is 4.73. The smallest absolute Gasteiger partial charge is 0.270 e. The van der Waals surface area contributed by atoms with Crippen LogP contribution in [-0.2, 0) is 11.3 Å². The SMILES string of the molecule is CCn1c(SCC(=O)Nc2c(C)cc(Br)cc2C)nnc1[C@H](NC(=O)c1cccc([N+](=O)[O-])c1)C(C)C. The number of hydrogen-bond donors (Lipinski definition) is 2. The Balaban J connectivity index is 1.75. The van der Waals surface area contributed by atoms with E-state index in [4.69, 9.17) is 0 Å². The third kappa shape index (κ3) is 6.95. The summed E-state index contributed by atoms with van der Waals surface area (Å²) in [4.78, 5) is 36.2. The van der Waals surface area contributed by atoms with Crippen molar-refractivity contribution in [2.45, 2.75) is 52.4 Å². The lowest BCUT2D eigenvalue weighted by Crippen LogP contribution is -2.33. The first-order valence-corrected chi connectivity index (χ1v) is 13.5. The molecule has 1 atom stereocenters. The van der Waals surface area contributed by atoms with Crippen LogP contribution in [0.15, 0.2) is 46.0 Å². The van der Waals surface area contributed by atoms with E-state index in [0.29, 0.717) is 17.5 Å². The fourth-order valence-corrected chi connectivity index (χ4v) is 5.36.